The molecule has 2 aromatic rings. The molecule has 0 aromatic heterocycles. The molecule has 108 valence electrons. The van der Waals surface area contributed by atoms with E-state index in [9.17, 15) is 14.0 Å². The monoisotopic (exact) mass is 415 g/mol. The normalized spacial score (nSPS) is 10.2. The highest BCUT2D eigenvalue weighted by Gasteiger charge is 2.11. The lowest BCUT2D eigenvalue weighted by molar-refractivity contribution is 0.0696. The maximum atomic E-state index is 13.4. The third kappa shape index (κ3) is 3.89. The van der Waals surface area contributed by atoms with Gasteiger partial charge in [-0.15, -0.1) is 0 Å². The molecule has 1 amide bonds. The summed E-state index contributed by atoms with van der Waals surface area (Å²) in [7, 11) is 0. The number of halogens is 3. The summed E-state index contributed by atoms with van der Waals surface area (Å²) in [6, 6.07) is 8.26. The van der Waals surface area contributed by atoms with Gasteiger partial charge in [-0.1, -0.05) is 15.9 Å². The molecule has 0 aliphatic carbocycles. The highest BCUT2D eigenvalue weighted by Crippen LogP contribution is 2.21. The quantitative estimate of drug-likeness (QED) is 0.783. The van der Waals surface area contributed by atoms with Crippen molar-refractivity contribution in [3.05, 3.63) is 62.3 Å². The lowest BCUT2D eigenvalue weighted by atomic mass is 10.1. The lowest BCUT2D eigenvalue weighted by Crippen LogP contribution is -2.12. The van der Waals surface area contributed by atoms with Gasteiger partial charge in [-0.3, -0.25) is 4.79 Å². The maximum absolute atomic E-state index is 13.4. The summed E-state index contributed by atoms with van der Waals surface area (Å²) >= 11 is 6.17. The number of carbonyl (C=O) groups excluding carboxylic acids is 1. The molecular weight excluding hydrogens is 409 g/mol. The predicted molar refractivity (Wildman–Crippen MR) is 83.2 cm³/mol. The SMILES string of the molecule is O=C(O)c1cc(Br)cc(NC(=O)c2ccc(Br)c(F)c2)c1. The molecule has 0 saturated heterocycles. The van der Waals surface area contributed by atoms with E-state index in [2.05, 4.69) is 37.2 Å². The number of carboxylic acids is 1. The van der Waals surface area contributed by atoms with E-state index in [1.807, 2.05) is 0 Å². The van der Waals surface area contributed by atoms with E-state index in [0.717, 1.165) is 6.07 Å². The van der Waals surface area contributed by atoms with Crippen molar-refractivity contribution in [1.29, 1.82) is 0 Å². The summed E-state index contributed by atoms with van der Waals surface area (Å²) in [4.78, 5) is 23.0. The number of nitrogens with one attached hydrogen (secondary N) is 1. The number of amides is 1. The van der Waals surface area contributed by atoms with Crippen molar-refractivity contribution in [3.8, 4) is 0 Å². The Morgan fingerprint density at radius 1 is 1.05 bits per heavy atom. The van der Waals surface area contributed by atoms with Gasteiger partial charge in [-0.25, -0.2) is 9.18 Å². The molecule has 0 fully saturated rings. The minimum absolute atomic E-state index is 0.0293. The second-order valence-corrected chi connectivity index (χ2v) is 5.89. The number of carbonyl (C=O) groups is 2. The topological polar surface area (TPSA) is 66.4 Å². The fourth-order valence-corrected chi connectivity index (χ4v) is 2.37. The first-order valence-electron chi connectivity index (χ1n) is 5.67. The summed E-state index contributed by atoms with van der Waals surface area (Å²) in [6.07, 6.45) is 0. The van der Waals surface area contributed by atoms with Crippen molar-refractivity contribution >= 4 is 49.4 Å². The maximum Gasteiger partial charge on any atom is 0.335 e. The molecule has 0 bridgehead atoms. The molecule has 0 unspecified atom stereocenters. The Morgan fingerprint density at radius 2 is 1.76 bits per heavy atom. The molecule has 0 atom stereocenters. The van der Waals surface area contributed by atoms with Gasteiger partial charge >= 0.3 is 5.97 Å². The molecule has 4 nitrogen and oxygen atoms in total. The van der Waals surface area contributed by atoms with E-state index in [-0.39, 0.29) is 15.6 Å². The van der Waals surface area contributed by atoms with Crippen LogP contribution in [-0.4, -0.2) is 17.0 Å². The number of anilines is 1. The molecule has 2 rings (SSSR count). The standard InChI is InChI=1S/C14H8Br2FNO3/c15-9-3-8(14(20)21)4-10(6-9)18-13(19)7-1-2-11(16)12(17)5-7/h1-6H,(H,18,19)(H,20,21). The van der Waals surface area contributed by atoms with Crippen LogP contribution < -0.4 is 5.32 Å². The number of benzene rings is 2. The van der Waals surface area contributed by atoms with E-state index < -0.39 is 17.7 Å². The van der Waals surface area contributed by atoms with Crippen molar-refractivity contribution in [2.24, 2.45) is 0 Å². The Bertz CT molecular complexity index is 734. The molecule has 21 heavy (non-hydrogen) atoms. The third-order valence-electron chi connectivity index (χ3n) is 2.58. The molecule has 0 heterocycles. The van der Waals surface area contributed by atoms with Crippen LogP contribution >= 0.6 is 31.9 Å². The van der Waals surface area contributed by atoms with Crippen LogP contribution in [0.3, 0.4) is 0 Å². The fourth-order valence-electron chi connectivity index (χ4n) is 1.63. The van der Waals surface area contributed by atoms with E-state index in [1.54, 1.807) is 6.07 Å². The van der Waals surface area contributed by atoms with E-state index in [0.29, 0.717) is 10.2 Å². The summed E-state index contributed by atoms with van der Waals surface area (Å²) in [5, 5.41) is 11.5. The molecule has 0 radical (unpaired) electrons. The van der Waals surface area contributed by atoms with Gasteiger partial charge in [-0.2, -0.15) is 0 Å². The molecule has 0 saturated carbocycles. The Labute approximate surface area is 136 Å². The first-order valence-corrected chi connectivity index (χ1v) is 7.25. The molecule has 0 spiro atoms. The number of aromatic carboxylic acids is 1. The zero-order chi connectivity index (χ0) is 15.6. The van der Waals surface area contributed by atoms with Crippen molar-refractivity contribution in [1.82, 2.24) is 0 Å². The summed E-state index contributed by atoms with van der Waals surface area (Å²) < 4.78 is 14.2. The van der Waals surface area contributed by atoms with Gasteiger partial charge in [0, 0.05) is 15.7 Å². The van der Waals surface area contributed by atoms with Gasteiger partial charge in [0.1, 0.15) is 5.82 Å². The zero-order valence-corrected chi connectivity index (χ0v) is 13.5. The fraction of sp³-hybridized carbons (Fsp3) is 0. The molecule has 2 N–H and O–H groups in total. The smallest absolute Gasteiger partial charge is 0.335 e. The Kier molecular flexibility index (Phi) is 4.74. The van der Waals surface area contributed by atoms with Gasteiger partial charge in [-0.05, 0) is 52.3 Å². The second-order valence-electron chi connectivity index (χ2n) is 4.12. The summed E-state index contributed by atoms with van der Waals surface area (Å²) in [6.45, 7) is 0. The van der Waals surface area contributed by atoms with Gasteiger partial charge in [0.2, 0.25) is 0 Å². The first kappa shape index (κ1) is 15.7. The second kappa shape index (κ2) is 6.36. The molecule has 0 aliphatic rings. The van der Waals surface area contributed by atoms with Crippen molar-refractivity contribution in [3.63, 3.8) is 0 Å². The summed E-state index contributed by atoms with van der Waals surface area (Å²) in [5.74, 6) is -2.19. The van der Waals surface area contributed by atoms with Crippen LogP contribution in [0.2, 0.25) is 0 Å². The predicted octanol–water partition coefficient (Wildman–Crippen LogP) is 4.30. The van der Waals surface area contributed by atoms with E-state index >= 15 is 0 Å². The number of hydrogen-bond donors (Lipinski definition) is 2. The van der Waals surface area contributed by atoms with Crippen molar-refractivity contribution < 1.29 is 19.1 Å². The highest BCUT2D eigenvalue weighted by molar-refractivity contribution is 9.10. The Hall–Kier alpha value is -1.73. The van der Waals surface area contributed by atoms with Crippen LogP contribution in [0, 0.1) is 5.82 Å². The average Bonchev–Trinajstić information content (AvgIpc) is 2.41. The van der Waals surface area contributed by atoms with Gasteiger partial charge in [0.05, 0.1) is 10.0 Å². The Morgan fingerprint density at radius 3 is 2.38 bits per heavy atom. The van der Waals surface area contributed by atoms with Gasteiger partial charge in [0.25, 0.3) is 5.91 Å². The van der Waals surface area contributed by atoms with E-state index in [1.165, 1.54) is 24.3 Å². The number of carboxylic acid groups (broad SMARTS) is 1. The van der Waals surface area contributed by atoms with Crippen molar-refractivity contribution in [2.75, 3.05) is 5.32 Å². The third-order valence-corrected chi connectivity index (χ3v) is 3.69. The Balaban J connectivity index is 2.27. The van der Waals surface area contributed by atoms with Gasteiger partial charge in [0.15, 0.2) is 0 Å². The van der Waals surface area contributed by atoms with Crippen LogP contribution in [0.5, 0.6) is 0 Å². The van der Waals surface area contributed by atoms with Crippen LogP contribution in [0.15, 0.2) is 45.3 Å². The number of hydrogen-bond acceptors (Lipinski definition) is 2. The van der Waals surface area contributed by atoms with Crippen LogP contribution in [-0.2, 0) is 0 Å². The highest BCUT2D eigenvalue weighted by atomic mass is 79.9. The zero-order valence-electron chi connectivity index (χ0n) is 10.4. The largest absolute Gasteiger partial charge is 0.478 e. The lowest BCUT2D eigenvalue weighted by Gasteiger charge is -2.07. The average molecular weight is 417 g/mol. The summed E-state index contributed by atoms with van der Waals surface area (Å²) in [5.41, 5.74) is 0.462. The van der Waals surface area contributed by atoms with Crippen molar-refractivity contribution in [2.45, 2.75) is 0 Å². The minimum atomic E-state index is -1.11. The van der Waals surface area contributed by atoms with Crippen LogP contribution in [0.25, 0.3) is 0 Å². The van der Waals surface area contributed by atoms with Gasteiger partial charge < -0.3 is 10.4 Å². The minimum Gasteiger partial charge on any atom is -0.478 e. The molecule has 0 aliphatic heterocycles. The van der Waals surface area contributed by atoms with Crippen LogP contribution in [0.1, 0.15) is 20.7 Å². The van der Waals surface area contributed by atoms with Crippen LogP contribution in [0.4, 0.5) is 10.1 Å². The molecule has 2 aromatic carbocycles. The first-order chi connectivity index (χ1) is 9.86. The molecule has 7 heteroatoms. The van der Waals surface area contributed by atoms with E-state index in [4.69, 9.17) is 5.11 Å². The number of rotatable bonds is 3. The molecular formula is C14H8Br2FNO3.